The summed E-state index contributed by atoms with van der Waals surface area (Å²) in [7, 11) is 0. The van der Waals surface area contributed by atoms with E-state index in [1.807, 2.05) is 43.3 Å². The SMILES string of the molecule is C=CCN(CC=C)C(C(N)=S)c1cccc(OCC)c1. The molecule has 0 amide bonds. The maximum atomic E-state index is 5.93. The second-order valence-corrected chi connectivity index (χ2v) is 4.81. The Balaban J connectivity index is 3.10. The zero-order chi connectivity index (χ0) is 15.0. The van der Waals surface area contributed by atoms with Crippen molar-refractivity contribution in [1.82, 2.24) is 4.90 Å². The second kappa shape index (κ2) is 8.51. The highest BCUT2D eigenvalue weighted by molar-refractivity contribution is 7.80. The van der Waals surface area contributed by atoms with Crippen molar-refractivity contribution in [3.8, 4) is 5.75 Å². The summed E-state index contributed by atoms with van der Waals surface area (Å²) in [5.41, 5.74) is 6.96. The highest BCUT2D eigenvalue weighted by Crippen LogP contribution is 2.25. The van der Waals surface area contributed by atoms with Crippen molar-refractivity contribution in [3.05, 3.63) is 55.1 Å². The maximum absolute atomic E-state index is 5.93. The standard InChI is InChI=1S/C16H22N2OS/c1-4-10-18(11-5-2)15(16(17)20)13-8-7-9-14(12-13)19-6-3/h4-5,7-9,12,15H,1-2,6,10-11H2,3H3,(H2,17,20). The Kier molecular flexibility index (Phi) is 6.98. The number of rotatable bonds is 9. The minimum Gasteiger partial charge on any atom is -0.494 e. The molecule has 0 fully saturated rings. The molecule has 4 heteroatoms. The predicted octanol–water partition coefficient (Wildman–Crippen LogP) is 3.09. The Morgan fingerprint density at radius 1 is 1.40 bits per heavy atom. The van der Waals surface area contributed by atoms with Gasteiger partial charge in [-0.15, -0.1) is 13.2 Å². The van der Waals surface area contributed by atoms with E-state index in [9.17, 15) is 0 Å². The van der Waals surface area contributed by atoms with Gasteiger partial charge in [-0.3, -0.25) is 4.90 Å². The van der Waals surface area contributed by atoms with Gasteiger partial charge < -0.3 is 10.5 Å². The van der Waals surface area contributed by atoms with Gasteiger partial charge in [0, 0.05) is 13.1 Å². The molecule has 0 saturated heterocycles. The number of hydrogen-bond donors (Lipinski definition) is 1. The van der Waals surface area contributed by atoms with Gasteiger partial charge in [-0.2, -0.15) is 0 Å². The zero-order valence-electron chi connectivity index (χ0n) is 11.9. The Morgan fingerprint density at radius 3 is 2.55 bits per heavy atom. The van der Waals surface area contributed by atoms with Gasteiger partial charge in [0.05, 0.1) is 17.6 Å². The lowest BCUT2D eigenvalue weighted by molar-refractivity contribution is 0.299. The molecule has 1 aromatic carbocycles. The minimum atomic E-state index is -0.151. The summed E-state index contributed by atoms with van der Waals surface area (Å²) in [6.07, 6.45) is 3.67. The van der Waals surface area contributed by atoms with Crippen LogP contribution in [0, 0.1) is 0 Å². The number of benzene rings is 1. The Bertz CT molecular complexity index is 463. The average Bonchev–Trinajstić information content (AvgIpc) is 2.40. The van der Waals surface area contributed by atoms with Gasteiger partial charge >= 0.3 is 0 Å². The summed E-state index contributed by atoms with van der Waals surface area (Å²) in [6.45, 7) is 11.5. The van der Waals surface area contributed by atoms with Crippen molar-refractivity contribution < 1.29 is 4.74 Å². The summed E-state index contributed by atoms with van der Waals surface area (Å²) < 4.78 is 5.53. The largest absolute Gasteiger partial charge is 0.494 e. The maximum Gasteiger partial charge on any atom is 0.119 e. The van der Waals surface area contributed by atoms with Crippen LogP contribution in [0.15, 0.2) is 49.6 Å². The molecule has 0 spiro atoms. The summed E-state index contributed by atoms with van der Waals surface area (Å²) >= 11 is 5.24. The fraction of sp³-hybridized carbons (Fsp3) is 0.312. The van der Waals surface area contributed by atoms with Crippen molar-refractivity contribution >= 4 is 17.2 Å². The van der Waals surface area contributed by atoms with Crippen LogP contribution in [-0.2, 0) is 0 Å². The van der Waals surface area contributed by atoms with E-state index in [2.05, 4.69) is 18.1 Å². The topological polar surface area (TPSA) is 38.5 Å². The summed E-state index contributed by atoms with van der Waals surface area (Å²) in [5.74, 6) is 0.823. The van der Waals surface area contributed by atoms with Crippen LogP contribution in [0.4, 0.5) is 0 Å². The molecule has 0 radical (unpaired) electrons. The molecule has 0 aliphatic heterocycles. The minimum absolute atomic E-state index is 0.151. The van der Waals surface area contributed by atoms with Gasteiger partial charge in [0.2, 0.25) is 0 Å². The average molecular weight is 290 g/mol. The van der Waals surface area contributed by atoms with Crippen molar-refractivity contribution in [2.45, 2.75) is 13.0 Å². The molecular formula is C16H22N2OS. The fourth-order valence-corrected chi connectivity index (χ4v) is 2.40. The Labute approximate surface area is 126 Å². The number of thiocarbonyl (C=S) groups is 1. The van der Waals surface area contributed by atoms with E-state index in [4.69, 9.17) is 22.7 Å². The lowest BCUT2D eigenvalue weighted by Crippen LogP contribution is -2.37. The third kappa shape index (κ3) is 4.47. The van der Waals surface area contributed by atoms with E-state index in [0.29, 0.717) is 24.7 Å². The first kappa shape index (κ1) is 16.4. The molecule has 0 heterocycles. The molecule has 0 bridgehead atoms. The van der Waals surface area contributed by atoms with Crippen molar-refractivity contribution in [3.63, 3.8) is 0 Å². The molecular weight excluding hydrogens is 268 g/mol. The van der Waals surface area contributed by atoms with Gasteiger partial charge in [0.15, 0.2) is 0 Å². The van der Waals surface area contributed by atoms with Crippen molar-refractivity contribution in [1.29, 1.82) is 0 Å². The molecule has 0 aliphatic rings. The monoisotopic (exact) mass is 290 g/mol. The van der Waals surface area contributed by atoms with Crippen LogP contribution < -0.4 is 10.5 Å². The van der Waals surface area contributed by atoms with E-state index < -0.39 is 0 Å². The van der Waals surface area contributed by atoms with E-state index in [1.165, 1.54) is 0 Å². The van der Waals surface area contributed by atoms with E-state index in [-0.39, 0.29) is 6.04 Å². The van der Waals surface area contributed by atoms with Crippen molar-refractivity contribution in [2.75, 3.05) is 19.7 Å². The molecule has 0 aliphatic carbocycles. The summed E-state index contributed by atoms with van der Waals surface area (Å²) in [4.78, 5) is 2.55. The Morgan fingerprint density at radius 2 is 2.05 bits per heavy atom. The first-order chi connectivity index (χ1) is 9.63. The van der Waals surface area contributed by atoms with Gasteiger partial charge in [0.1, 0.15) is 5.75 Å². The van der Waals surface area contributed by atoms with Crippen LogP contribution in [0.2, 0.25) is 0 Å². The molecule has 0 aromatic heterocycles. The van der Waals surface area contributed by atoms with Gasteiger partial charge in [-0.1, -0.05) is 36.5 Å². The lowest BCUT2D eigenvalue weighted by Gasteiger charge is -2.29. The number of ether oxygens (including phenoxy) is 1. The quantitative estimate of drug-likeness (QED) is 0.560. The zero-order valence-corrected chi connectivity index (χ0v) is 12.7. The number of nitrogens with zero attached hydrogens (tertiary/aromatic N) is 1. The molecule has 1 aromatic rings. The summed E-state index contributed by atoms with van der Waals surface area (Å²) in [5, 5.41) is 0. The van der Waals surface area contributed by atoms with Gasteiger partial charge in [-0.25, -0.2) is 0 Å². The van der Waals surface area contributed by atoms with E-state index in [1.54, 1.807) is 0 Å². The smallest absolute Gasteiger partial charge is 0.119 e. The van der Waals surface area contributed by atoms with Crippen LogP contribution in [0.25, 0.3) is 0 Å². The molecule has 20 heavy (non-hydrogen) atoms. The van der Waals surface area contributed by atoms with E-state index in [0.717, 1.165) is 11.3 Å². The van der Waals surface area contributed by atoms with Crippen molar-refractivity contribution in [2.24, 2.45) is 5.73 Å². The molecule has 2 N–H and O–H groups in total. The first-order valence-corrected chi connectivity index (χ1v) is 7.02. The Hall–Kier alpha value is -1.65. The highest BCUT2D eigenvalue weighted by atomic mass is 32.1. The molecule has 0 saturated carbocycles. The highest BCUT2D eigenvalue weighted by Gasteiger charge is 2.21. The predicted molar refractivity (Wildman–Crippen MR) is 89.1 cm³/mol. The first-order valence-electron chi connectivity index (χ1n) is 6.62. The number of hydrogen-bond acceptors (Lipinski definition) is 3. The lowest BCUT2D eigenvalue weighted by atomic mass is 10.0. The second-order valence-electron chi connectivity index (χ2n) is 4.34. The third-order valence-corrected chi connectivity index (χ3v) is 3.07. The number of nitrogens with two attached hydrogens (primary N) is 1. The third-order valence-electron chi connectivity index (χ3n) is 2.85. The van der Waals surface area contributed by atoms with Gasteiger partial charge in [0.25, 0.3) is 0 Å². The van der Waals surface area contributed by atoms with Crippen LogP contribution >= 0.6 is 12.2 Å². The molecule has 1 rings (SSSR count). The molecule has 3 nitrogen and oxygen atoms in total. The molecule has 108 valence electrons. The summed E-state index contributed by atoms with van der Waals surface area (Å²) in [6, 6.07) is 7.71. The molecule has 1 atom stereocenters. The van der Waals surface area contributed by atoms with Crippen LogP contribution in [0.5, 0.6) is 5.75 Å². The van der Waals surface area contributed by atoms with Crippen LogP contribution in [0.3, 0.4) is 0 Å². The van der Waals surface area contributed by atoms with Crippen LogP contribution in [0.1, 0.15) is 18.5 Å². The normalized spacial score (nSPS) is 11.9. The molecule has 1 unspecified atom stereocenters. The van der Waals surface area contributed by atoms with Crippen LogP contribution in [-0.4, -0.2) is 29.6 Å². The van der Waals surface area contributed by atoms with Gasteiger partial charge in [-0.05, 0) is 24.6 Å². The fourth-order valence-electron chi connectivity index (χ4n) is 2.11. The van der Waals surface area contributed by atoms with E-state index >= 15 is 0 Å².